The molecule has 1 aromatic carbocycles. The van der Waals surface area contributed by atoms with Gasteiger partial charge in [-0.3, -0.25) is 14.9 Å². The Labute approximate surface area is 88.2 Å². The van der Waals surface area contributed by atoms with Gasteiger partial charge in [-0.2, -0.15) is 0 Å². The fraction of sp³-hybridized carbons (Fsp3) is 0.125. The Bertz CT molecular complexity index is 392. The lowest BCUT2D eigenvalue weighted by atomic mass is 10.1. The molecule has 6 heteroatoms. The Hall–Kier alpha value is -1.27. The predicted octanol–water partition coefficient (Wildman–Crippen LogP) is 1.50. The first-order valence-electron chi connectivity index (χ1n) is 3.73. The standard InChI is InChI=1S/C8H7BrN2O3/c9-6-1-5(8(12)4-10)2-7(3-6)11(13)14/h1-3H,4,10H2. The molecule has 2 N–H and O–H groups in total. The highest BCUT2D eigenvalue weighted by Gasteiger charge is 2.12. The lowest BCUT2D eigenvalue weighted by Gasteiger charge is -1.99. The monoisotopic (exact) mass is 258 g/mol. The number of rotatable bonds is 3. The van der Waals surface area contributed by atoms with Gasteiger partial charge in [0.1, 0.15) is 0 Å². The molecule has 0 aliphatic carbocycles. The van der Waals surface area contributed by atoms with Crippen LogP contribution in [0.3, 0.4) is 0 Å². The van der Waals surface area contributed by atoms with Crippen LogP contribution in [0.1, 0.15) is 10.4 Å². The van der Waals surface area contributed by atoms with Gasteiger partial charge in [-0.1, -0.05) is 15.9 Å². The molecule has 0 unspecified atom stereocenters. The average molecular weight is 259 g/mol. The molecule has 0 amide bonds. The Kier molecular flexibility index (Phi) is 3.32. The molecule has 74 valence electrons. The van der Waals surface area contributed by atoms with Crippen LogP contribution in [0.2, 0.25) is 0 Å². The van der Waals surface area contributed by atoms with E-state index in [4.69, 9.17) is 5.73 Å². The number of carbonyl (C=O) groups is 1. The summed E-state index contributed by atoms with van der Waals surface area (Å²) in [5.74, 6) is -0.325. The van der Waals surface area contributed by atoms with Gasteiger partial charge in [-0.25, -0.2) is 0 Å². The topological polar surface area (TPSA) is 86.2 Å². The molecule has 0 radical (unpaired) electrons. The van der Waals surface area contributed by atoms with Gasteiger partial charge in [0.25, 0.3) is 5.69 Å². The largest absolute Gasteiger partial charge is 0.324 e. The van der Waals surface area contributed by atoms with Crippen molar-refractivity contribution in [2.45, 2.75) is 0 Å². The maximum absolute atomic E-state index is 11.2. The Balaban J connectivity index is 3.20. The van der Waals surface area contributed by atoms with E-state index in [0.29, 0.717) is 4.47 Å². The minimum absolute atomic E-state index is 0.129. The van der Waals surface area contributed by atoms with Crippen LogP contribution in [0.4, 0.5) is 5.69 Å². The zero-order chi connectivity index (χ0) is 10.7. The normalized spacial score (nSPS) is 9.86. The summed E-state index contributed by atoms with van der Waals surface area (Å²) >= 11 is 3.08. The zero-order valence-corrected chi connectivity index (χ0v) is 8.65. The van der Waals surface area contributed by atoms with E-state index in [0.717, 1.165) is 0 Å². The molecule has 5 nitrogen and oxygen atoms in total. The van der Waals surface area contributed by atoms with Crippen molar-refractivity contribution in [3.05, 3.63) is 38.3 Å². The number of hydrogen-bond donors (Lipinski definition) is 1. The zero-order valence-electron chi connectivity index (χ0n) is 7.07. The average Bonchev–Trinajstić information content (AvgIpc) is 2.15. The molecule has 0 saturated heterocycles. The van der Waals surface area contributed by atoms with E-state index in [1.807, 2.05) is 0 Å². The second kappa shape index (κ2) is 4.30. The molecule has 0 aliphatic heterocycles. The Morgan fingerprint density at radius 2 is 2.14 bits per heavy atom. The van der Waals surface area contributed by atoms with Gasteiger partial charge in [0.05, 0.1) is 11.5 Å². The molecule has 0 aliphatic rings. The van der Waals surface area contributed by atoms with Crippen molar-refractivity contribution < 1.29 is 9.72 Å². The van der Waals surface area contributed by atoms with Gasteiger partial charge in [0.2, 0.25) is 0 Å². The van der Waals surface area contributed by atoms with Crippen molar-refractivity contribution in [1.29, 1.82) is 0 Å². The molecule has 14 heavy (non-hydrogen) atoms. The molecule has 0 spiro atoms. The van der Waals surface area contributed by atoms with E-state index < -0.39 is 4.92 Å². The second-order valence-corrected chi connectivity index (χ2v) is 3.50. The molecule has 0 fully saturated rings. The Morgan fingerprint density at radius 1 is 1.50 bits per heavy atom. The van der Waals surface area contributed by atoms with E-state index in [1.54, 1.807) is 0 Å². The number of nitro groups is 1. The van der Waals surface area contributed by atoms with E-state index in [1.165, 1.54) is 18.2 Å². The summed E-state index contributed by atoms with van der Waals surface area (Å²) in [6.45, 7) is -0.159. The summed E-state index contributed by atoms with van der Waals surface area (Å²) in [5.41, 5.74) is 5.26. The first kappa shape index (κ1) is 10.8. The molecule has 1 aromatic rings. The summed E-state index contributed by atoms with van der Waals surface area (Å²) in [4.78, 5) is 21.1. The minimum atomic E-state index is -0.557. The molecule has 0 bridgehead atoms. The van der Waals surface area contributed by atoms with Crippen molar-refractivity contribution in [2.75, 3.05) is 6.54 Å². The summed E-state index contributed by atoms with van der Waals surface area (Å²) < 4.78 is 0.489. The van der Waals surface area contributed by atoms with Gasteiger partial charge < -0.3 is 5.73 Å². The van der Waals surface area contributed by atoms with Crippen molar-refractivity contribution in [1.82, 2.24) is 0 Å². The van der Waals surface area contributed by atoms with Gasteiger partial charge in [-0.05, 0) is 6.07 Å². The van der Waals surface area contributed by atoms with E-state index >= 15 is 0 Å². The van der Waals surface area contributed by atoms with Crippen molar-refractivity contribution in [2.24, 2.45) is 5.73 Å². The summed E-state index contributed by atoms with van der Waals surface area (Å²) in [6, 6.07) is 4.04. The molecule has 0 atom stereocenters. The molecular weight excluding hydrogens is 252 g/mol. The third-order valence-corrected chi connectivity index (χ3v) is 2.06. The Morgan fingerprint density at radius 3 is 2.64 bits per heavy atom. The maximum atomic E-state index is 11.2. The number of non-ortho nitro benzene ring substituents is 1. The SMILES string of the molecule is NCC(=O)c1cc(Br)cc([N+](=O)[O-])c1. The third kappa shape index (κ3) is 2.36. The maximum Gasteiger partial charge on any atom is 0.271 e. The lowest BCUT2D eigenvalue weighted by Crippen LogP contribution is -2.13. The highest BCUT2D eigenvalue weighted by molar-refractivity contribution is 9.10. The highest BCUT2D eigenvalue weighted by atomic mass is 79.9. The lowest BCUT2D eigenvalue weighted by molar-refractivity contribution is -0.384. The molecule has 0 saturated carbocycles. The summed E-state index contributed by atoms with van der Waals surface area (Å²) in [6.07, 6.45) is 0. The molecular formula is C8H7BrN2O3. The highest BCUT2D eigenvalue weighted by Crippen LogP contribution is 2.21. The van der Waals surface area contributed by atoms with Crippen LogP contribution in [-0.2, 0) is 0 Å². The van der Waals surface area contributed by atoms with Crippen molar-refractivity contribution in [3.63, 3.8) is 0 Å². The number of nitrogens with zero attached hydrogens (tertiary/aromatic N) is 1. The first-order chi connectivity index (χ1) is 6.54. The van der Waals surface area contributed by atoms with E-state index in [-0.39, 0.29) is 23.6 Å². The molecule has 0 aromatic heterocycles. The van der Waals surface area contributed by atoms with Gasteiger partial charge in [0, 0.05) is 22.2 Å². The van der Waals surface area contributed by atoms with Crippen molar-refractivity contribution in [3.8, 4) is 0 Å². The second-order valence-electron chi connectivity index (χ2n) is 2.58. The predicted molar refractivity (Wildman–Crippen MR) is 54.2 cm³/mol. The third-order valence-electron chi connectivity index (χ3n) is 1.60. The number of carbonyl (C=O) groups excluding carboxylic acids is 1. The number of Topliss-reactive ketones (excluding diaryl/α,β-unsaturated/α-hetero) is 1. The van der Waals surface area contributed by atoms with Crippen LogP contribution in [0, 0.1) is 10.1 Å². The first-order valence-corrected chi connectivity index (χ1v) is 4.52. The summed E-state index contributed by atoms with van der Waals surface area (Å²) in [7, 11) is 0. The van der Waals surface area contributed by atoms with Crippen LogP contribution in [0.5, 0.6) is 0 Å². The fourth-order valence-electron chi connectivity index (χ4n) is 0.958. The van der Waals surface area contributed by atoms with Gasteiger partial charge in [0.15, 0.2) is 5.78 Å². The van der Waals surface area contributed by atoms with Crippen molar-refractivity contribution >= 4 is 27.4 Å². The number of hydrogen-bond acceptors (Lipinski definition) is 4. The summed E-state index contributed by atoms with van der Waals surface area (Å²) in [5, 5.41) is 10.5. The number of benzene rings is 1. The van der Waals surface area contributed by atoms with Gasteiger partial charge in [-0.15, -0.1) is 0 Å². The van der Waals surface area contributed by atoms with Crippen LogP contribution >= 0.6 is 15.9 Å². The van der Waals surface area contributed by atoms with E-state index in [2.05, 4.69) is 15.9 Å². The number of halogens is 1. The smallest absolute Gasteiger partial charge is 0.271 e. The van der Waals surface area contributed by atoms with E-state index in [9.17, 15) is 14.9 Å². The van der Waals surface area contributed by atoms with Crippen LogP contribution < -0.4 is 5.73 Å². The fourth-order valence-corrected chi connectivity index (χ4v) is 1.44. The van der Waals surface area contributed by atoms with Crippen LogP contribution in [-0.4, -0.2) is 17.3 Å². The quantitative estimate of drug-likeness (QED) is 0.506. The van der Waals surface area contributed by atoms with Crippen LogP contribution in [0.15, 0.2) is 22.7 Å². The molecule has 0 heterocycles. The minimum Gasteiger partial charge on any atom is -0.324 e. The molecule has 1 rings (SSSR count). The number of nitro benzene ring substituents is 1. The number of ketones is 1. The van der Waals surface area contributed by atoms with Crippen LogP contribution in [0.25, 0.3) is 0 Å². The van der Waals surface area contributed by atoms with Gasteiger partial charge >= 0.3 is 0 Å². The number of nitrogens with two attached hydrogens (primary N) is 1.